The van der Waals surface area contributed by atoms with Crippen LogP contribution in [0.2, 0.25) is 0 Å². The van der Waals surface area contributed by atoms with E-state index in [1.165, 1.54) is 11.1 Å². The number of halogens is 1. The maximum Gasteiger partial charge on any atom is 0.193 e. The third kappa shape index (κ3) is 6.19. The number of guanidine groups is 1. The van der Waals surface area contributed by atoms with Gasteiger partial charge in [-0.3, -0.25) is 4.99 Å². The molecular formula is C18H24IN3O. The zero-order chi connectivity index (χ0) is 15.9. The summed E-state index contributed by atoms with van der Waals surface area (Å²) in [5, 5.41) is 3.13. The molecule has 1 atom stereocenters. The lowest BCUT2D eigenvalue weighted by Gasteiger charge is -2.14. The molecule has 23 heavy (non-hydrogen) atoms. The third-order valence-electron chi connectivity index (χ3n) is 3.38. The van der Waals surface area contributed by atoms with Crippen LogP contribution in [-0.4, -0.2) is 19.6 Å². The van der Waals surface area contributed by atoms with Crippen molar-refractivity contribution < 1.29 is 4.74 Å². The minimum Gasteiger partial charge on any atom is -0.375 e. The van der Waals surface area contributed by atoms with Crippen LogP contribution in [0.1, 0.15) is 22.8 Å². The molecule has 0 saturated carbocycles. The summed E-state index contributed by atoms with van der Waals surface area (Å²) in [6.07, 6.45) is -0.0965. The Morgan fingerprint density at radius 3 is 2.30 bits per heavy atom. The van der Waals surface area contributed by atoms with E-state index in [4.69, 9.17) is 10.5 Å². The van der Waals surface area contributed by atoms with E-state index in [0.29, 0.717) is 12.5 Å². The Kier molecular flexibility index (Phi) is 8.05. The fourth-order valence-electron chi connectivity index (χ4n) is 2.40. The molecule has 5 heteroatoms. The van der Waals surface area contributed by atoms with Crippen molar-refractivity contribution in [3.05, 3.63) is 65.2 Å². The normalized spacial score (nSPS) is 12.4. The summed E-state index contributed by atoms with van der Waals surface area (Å²) in [6, 6.07) is 16.2. The average molecular weight is 425 g/mol. The highest BCUT2D eigenvalue weighted by Gasteiger charge is 2.09. The summed E-state index contributed by atoms with van der Waals surface area (Å²) < 4.78 is 5.48. The molecule has 0 aliphatic heterocycles. The zero-order valence-corrected chi connectivity index (χ0v) is 16.1. The van der Waals surface area contributed by atoms with Crippen molar-refractivity contribution in [2.75, 3.05) is 19.0 Å². The maximum absolute atomic E-state index is 5.97. The van der Waals surface area contributed by atoms with Gasteiger partial charge in [0.15, 0.2) is 5.96 Å². The lowest BCUT2D eigenvalue weighted by molar-refractivity contribution is 0.111. The molecule has 2 aromatic rings. The molecule has 1 unspecified atom stereocenters. The molecule has 0 radical (unpaired) electrons. The SMILES string of the molecule is COC(CN=C(N)Nc1cc(C)cc(C)c1)c1ccccc1.I. The average Bonchev–Trinajstić information content (AvgIpc) is 2.48. The summed E-state index contributed by atoms with van der Waals surface area (Å²) in [6.45, 7) is 4.59. The number of ether oxygens (including phenoxy) is 1. The molecule has 0 saturated heterocycles. The molecule has 0 spiro atoms. The Morgan fingerprint density at radius 1 is 1.13 bits per heavy atom. The van der Waals surface area contributed by atoms with Crippen LogP contribution in [0, 0.1) is 13.8 Å². The zero-order valence-electron chi connectivity index (χ0n) is 13.7. The van der Waals surface area contributed by atoms with E-state index in [-0.39, 0.29) is 30.1 Å². The van der Waals surface area contributed by atoms with Crippen LogP contribution in [0.3, 0.4) is 0 Å². The minimum atomic E-state index is -0.0965. The second-order valence-corrected chi connectivity index (χ2v) is 5.36. The van der Waals surface area contributed by atoms with Crippen molar-refractivity contribution >= 4 is 35.6 Å². The van der Waals surface area contributed by atoms with Gasteiger partial charge in [-0.1, -0.05) is 36.4 Å². The second kappa shape index (κ2) is 9.52. The smallest absolute Gasteiger partial charge is 0.193 e. The number of aliphatic imine (C=N–C) groups is 1. The van der Waals surface area contributed by atoms with Gasteiger partial charge in [-0.15, -0.1) is 24.0 Å². The molecule has 124 valence electrons. The molecule has 0 fully saturated rings. The van der Waals surface area contributed by atoms with Gasteiger partial charge in [0.2, 0.25) is 0 Å². The largest absolute Gasteiger partial charge is 0.375 e. The summed E-state index contributed by atoms with van der Waals surface area (Å²) in [5.74, 6) is 0.392. The number of rotatable bonds is 5. The number of benzene rings is 2. The molecular weight excluding hydrogens is 401 g/mol. The van der Waals surface area contributed by atoms with Gasteiger partial charge in [0, 0.05) is 12.8 Å². The molecule has 3 N–H and O–H groups in total. The predicted octanol–water partition coefficient (Wildman–Crippen LogP) is 4.04. The van der Waals surface area contributed by atoms with Crippen molar-refractivity contribution in [3.8, 4) is 0 Å². The maximum atomic E-state index is 5.97. The Balaban J connectivity index is 0.00000264. The molecule has 0 bridgehead atoms. The van der Waals surface area contributed by atoms with Crippen LogP contribution >= 0.6 is 24.0 Å². The third-order valence-corrected chi connectivity index (χ3v) is 3.38. The first-order valence-electron chi connectivity index (χ1n) is 7.31. The van der Waals surface area contributed by atoms with E-state index in [1.807, 2.05) is 42.5 Å². The van der Waals surface area contributed by atoms with Crippen LogP contribution < -0.4 is 11.1 Å². The highest BCUT2D eigenvalue weighted by Crippen LogP contribution is 2.17. The standard InChI is InChI=1S/C18H23N3O.HI/c1-13-9-14(2)11-16(10-13)21-18(19)20-12-17(22-3)15-7-5-4-6-8-15;/h4-11,17H,12H2,1-3H3,(H3,19,20,21);1H. The molecule has 2 aromatic carbocycles. The number of anilines is 1. The summed E-state index contributed by atoms with van der Waals surface area (Å²) in [4.78, 5) is 4.38. The number of nitrogens with one attached hydrogen (secondary N) is 1. The summed E-state index contributed by atoms with van der Waals surface area (Å²) >= 11 is 0. The van der Waals surface area contributed by atoms with Gasteiger partial charge in [0.1, 0.15) is 6.10 Å². The molecule has 0 amide bonds. The topological polar surface area (TPSA) is 59.6 Å². The van der Waals surface area contributed by atoms with Crippen LogP contribution in [0.4, 0.5) is 5.69 Å². The minimum absolute atomic E-state index is 0. The Bertz CT molecular complexity index is 624. The quantitative estimate of drug-likeness (QED) is 0.432. The Morgan fingerprint density at radius 2 is 1.74 bits per heavy atom. The van der Waals surface area contributed by atoms with E-state index in [0.717, 1.165) is 11.3 Å². The second-order valence-electron chi connectivity index (χ2n) is 5.36. The van der Waals surface area contributed by atoms with Crippen molar-refractivity contribution in [1.82, 2.24) is 0 Å². The van der Waals surface area contributed by atoms with Crippen molar-refractivity contribution in [2.24, 2.45) is 10.7 Å². The Labute approximate surface area is 155 Å². The monoisotopic (exact) mass is 425 g/mol. The van der Waals surface area contributed by atoms with Gasteiger partial charge in [0.25, 0.3) is 0 Å². The number of nitrogens with zero attached hydrogens (tertiary/aromatic N) is 1. The van der Waals surface area contributed by atoms with E-state index >= 15 is 0 Å². The number of methoxy groups -OCH3 is 1. The molecule has 2 rings (SSSR count). The Hall–Kier alpha value is -1.60. The number of nitrogens with two attached hydrogens (primary N) is 1. The first-order chi connectivity index (χ1) is 10.6. The van der Waals surface area contributed by atoms with Crippen molar-refractivity contribution in [1.29, 1.82) is 0 Å². The molecule has 0 aliphatic carbocycles. The van der Waals surface area contributed by atoms with Gasteiger partial charge in [-0.25, -0.2) is 0 Å². The summed E-state index contributed by atoms with van der Waals surface area (Å²) in [7, 11) is 1.68. The lowest BCUT2D eigenvalue weighted by Crippen LogP contribution is -2.24. The van der Waals surface area contributed by atoms with Crippen LogP contribution in [-0.2, 0) is 4.74 Å². The highest BCUT2D eigenvalue weighted by atomic mass is 127. The predicted molar refractivity (Wildman–Crippen MR) is 108 cm³/mol. The van der Waals surface area contributed by atoms with E-state index < -0.39 is 0 Å². The van der Waals surface area contributed by atoms with Gasteiger partial charge >= 0.3 is 0 Å². The first kappa shape index (κ1) is 19.4. The van der Waals surface area contributed by atoms with Crippen LogP contribution in [0.25, 0.3) is 0 Å². The van der Waals surface area contributed by atoms with E-state index in [2.05, 4.69) is 30.2 Å². The van der Waals surface area contributed by atoms with E-state index in [1.54, 1.807) is 7.11 Å². The summed E-state index contributed by atoms with van der Waals surface area (Å²) in [5.41, 5.74) is 10.4. The van der Waals surface area contributed by atoms with Gasteiger partial charge < -0.3 is 15.8 Å². The fraction of sp³-hybridized carbons (Fsp3) is 0.278. The van der Waals surface area contributed by atoms with Gasteiger partial charge in [-0.05, 0) is 42.7 Å². The first-order valence-corrected chi connectivity index (χ1v) is 7.31. The van der Waals surface area contributed by atoms with E-state index in [9.17, 15) is 0 Å². The number of hydrogen-bond acceptors (Lipinski definition) is 2. The molecule has 0 aromatic heterocycles. The van der Waals surface area contributed by atoms with Gasteiger partial charge in [-0.2, -0.15) is 0 Å². The van der Waals surface area contributed by atoms with Gasteiger partial charge in [0.05, 0.1) is 6.54 Å². The molecule has 0 heterocycles. The van der Waals surface area contributed by atoms with Crippen molar-refractivity contribution in [3.63, 3.8) is 0 Å². The van der Waals surface area contributed by atoms with Crippen LogP contribution in [0.15, 0.2) is 53.5 Å². The number of hydrogen-bond donors (Lipinski definition) is 2. The lowest BCUT2D eigenvalue weighted by atomic mass is 10.1. The molecule has 0 aliphatic rings. The number of aryl methyl sites for hydroxylation is 2. The molecule has 4 nitrogen and oxygen atoms in total. The highest BCUT2D eigenvalue weighted by molar-refractivity contribution is 14.0. The van der Waals surface area contributed by atoms with Crippen LogP contribution in [0.5, 0.6) is 0 Å². The fourth-order valence-corrected chi connectivity index (χ4v) is 2.40. The van der Waals surface area contributed by atoms with Crippen molar-refractivity contribution in [2.45, 2.75) is 20.0 Å².